The van der Waals surface area contributed by atoms with Crippen LogP contribution in [0.5, 0.6) is 0 Å². The van der Waals surface area contributed by atoms with E-state index in [1.807, 2.05) is 46.6 Å². The summed E-state index contributed by atoms with van der Waals surface area (Å²) >= 11 is 1.90. The van der Waals surface area contributed by atoms with Crippen LogP contribution in [0.25, 0.3) is 5.00 Å². The Bertz CT molecular complexity index is 1360. The molecule has 2 amide bonds. The Kier molecular flexibility index (Phi) is 5.71. The first-order valence-corrected chi connectivity index (χ1v) is 13.2. The fourth-order valence-corrected chi connectivity index (χ4v) is 6.77. The molecule has 178 valence electrons. The summed E-state index contributed by atoms with van der Waals surface area (Å²) in [7, 11) is 0. The highest BCUT2D eigenvalue weighted by Gasteiger charge is 2.36. The molecule has 1 atom stereocenters. The third kappa shape index (κ3) is 3.97. The van der Waals surface area contributed by atoms with Gasteiger partial charge in [0.25, 0.3) is 0 Å². The number of likely N-dealkylation sites (N-methyl/N-ethyl adjacent to an activating group) is 1. The summed E-state index contributed by atoms with van der Waals surface area (Å²) in [5, 5.41) is 4.43. The van der Waals surface area contributed by atoms with Crippen LogP contribution in [-0.4, -0.2) is 33.5 Å². The number of para-hydroxylation sites is 1. The highest BCUT2D eigenvalue weighted by atomic mass is 32.1. The lowest BCUT2D eigenvalue weighted by molar-refractivity contribution is 0.194. The van der Waals surface area contributed by atoms with E-state index in [4.69, 9.17) is 0 Å². The fourth-order valence-electron chi connectivity index (χ4n) is 5.36. The van der Waals surface area contributed by atoms with E-state index in [2.05, 4.69) is 71.2 Å². The summed E-state index contributed by atoms with van der Waals surface area (Å²) in [6.45, 7) is 8.06. The number of nitrogens with zero attached hydrogens (tertiary/aromatic N) is 3. The van der Waals surface area contributed by atoms with Crippen LogP contribution in [0.15, 0.2) is 72.9 Å². The maximum Gasteiger partial charge on any atom is 0.322 e. The van der Waals surface area contributed by atoms with Gasteiger partial charge < -0.3 is 14.8 Å². The van der Waals surface area contributed by atoms with Crippen LogP contribution in [-0.2, 0) is 19.5 Å². The van der Waals surface area contributed by atoms with Crippen LogP contribution in [0.4, 0.5) is 10.5 Å². The van der Waals surface area contributed by atoms with E-state index >= 15 is 0 Å². The second kappa shape index (κ2) is 9.02. The van der Waals surface area contributed by atoms with Crippen LogP contribution in [0.3, 0.4) is 0 Å². The first-order chi connectivity index (χ1) is 17.1. The number of nitrogens with one attached hydrogen (secondary N) is 1. The summed E-state index contributed by atoms with van der Waals surface area (Å²) in [6, 6.07) is 22.4. The molecule has 35 heavy (non-hydrogen) atoms. The summed E-state index contributed by atoms with van der Waals surface area (Å²) in [6.07, 6.45) is 3.20. The van der Waals surface area contributed by atoms with Crippen molar-refractivity contribution >= 4 is 23.1 Å². The second-order valence-corrected chi connectivity index (χ2v) is 10.5. The first-order valence-electron chi connectivity index (χ1n) is 12.3. The molecule has 0 bridgehead atoms. The van der Waals surface area contributed by atoms with Crippen LogP contribution < -0.4 is 5.32 Å². The van der Waals surface area contributed by atoms with Crippen molar-refractivity contribution in [2.45, 2.75) is 39.4 Å². The van der Waals surface area contributed by atoms with Gasteiger partial charge in [-0.05, 0) is 55.3 Å². The number of carbonyl (C=O) groups excluding carboxylic acids is 1. The normalized spacial score (nSPS) is 17.3. The van der Waals surface area contributed by atoms with E-state index in [1.165, 1.54) is 26.6 Å². The van der Waals surface area contributed by atoms with E-state index in [0.29, 0.717) is 6.54 Å². The second-order valence-electron chi connectivity index (χ2n) is 9.45. The molecule has 0 fully saturated rings. The predicted octanol–water partition coefficient (Wildman–Crippen LogP) is 6.36. The molecule has 4 heterocycles. The SMILES string of the molecule is CCN1CCc2c(sc3c2CN(C(=O)Nc2ccccc2)[C@@H](c2ccc(C)cc2)c2cccn2-3)C1. The van der Waals surface area contributed by atoms with Gasteiger partial charge >= 0.3 is 6.03 Å². The number of aryl methyl sites for hydroxylation is 1. The molecule has 0 unspecified atom stereocenters. The molecule has 0 aliphatic carbocycles. The summed E-state index contributed by atoms with van der Waals surface area (Å²) in [4.78, 5) is 19.9. The Labute approximate surface area is 210 Å². The third-order valence-corrected chi connectivity index (χ3v) is 8.53. The minimum absolute atomic E-state index is 0.0756. The van der Waals surface area contributed by atoms with Gasteiger partial charge in [-0.2, -0.15) is 0 Å². The number of rotatable bonds is 3. The van der Waals surface area contributed by atoms with Crippen molar-refractivity contribution in [3.63, 3.8) is 0 Å². The number of anilines is 1. The van der Waals surface area contributed by atoms with Crippen molar-refractivity contribution in [1.82, 2.24) is 14.4 Å². The lowest BCUT2D eigenvalue weighted by Gasteiger charge is -2.32. The molecule has 0 saturated carbocycles. The number of aromatic nitrogens is 1. The zero-order valence-electron chi connectivity index (χ0n) is 20.2. The van der Waals surface area contributed by atoms with Gasteiger partial charge in [0.15, 0.2) is 0 Å². The molecule has 5 nitrogen and oxygen atoms in total. The minimum atomic E-state index is -0.180. The molecule has 4 aromatic rings. The third-order valence-electron chi connectivity index (χ3n) is 7.27. The zero-order chi connectivity index (χ0) is 23.9. The number of carbonyl (C=O) groups is 1. The molecule has 0 radical (unpaired) electrons. The molecular formula is C29H30N4OS. The average Bonchev–Trinajstić information content (AvgIpc) is 3.46. The first kappa shape index (κ1) is 22.1. The largest absolute Gasteiger partial charge is 0.322 e. The van der Waals surface area contributed by atoms with Crippen molar-refractivity contribution in [3.8, 4) is 5.00 Å². The number of hydrogen-bond donors (Lipinski definition) is 1. The molecule has 0 spiro atoms. The molecule has 2 aliphatic rings. The highest BCUT2D eigenvalue weighted by Crippen LogP contribution is 2.43. The van der Waals surface area contributed by atoms with Crippen LogP contribution in [0, 0.1) is 6.92 Å². The molecule has 2 aromatic heterocycles. The standard InChI is InChI=1S/C29H30N4OS/c1-3-31-17-15-23-24-18-33(29(34)30-22-8-5-4-6-9-22)27(21-13-11-20(2)12-14-21)25-10-7-16-32(25)28(24)35-26(23)19-31/h4-14,16,27H,3,15,17-19H2,1-2H3,(H,30,34)/t27-/m0/s1. The smallest absolute Gasteiger partial charge is 0.310 e. The van der Waals surface area contributed by atoms with Crippen LogP contribution in [0.1, 0.15) is 45.8 Å². The van der Waals surface area contributed by atoms with Crippen molar-refractivity contribution in [1.29, 1.82) is 0 Å². The number of urea groups is 1. The van der Waals surface area contributed by atoms with Crippen molar-refractivity contribution < 1.29 is 4.79 Å². The van der Waals surface area contributed by atoms with Gasteiger partial charge in [0.2, 0.25) is 0 Å². The van der Waals surface area contributed by atoms with Gasteiger partial charge in [0, 0.05) is 35.4 Å². The van der Waals surface area contributed by atoms with Gasteiger partial charge in [-0.25, -0.2) is 4.79 Å². The monoisotopic (exact) mass is 482 g/mol. The quantitative estimate of drug-likeness (QED) is 0.369. The maximum absolute atomic E-state index is 13.9. The number of amides is 2. The Morgan fingerprint density at radius 3 is 2.57 bits per heavy atom. The fraction of sp³-hybridized carbons (Fsp3) is 0.276. The summed E-state index contributed by atoms with van der Waals surface area (Å²) < 4.78 is 2.33. The number of hydrogen-bond acceptors (Lipinski definition) is 3. The zero-order valence-corrected chi connectivity index (χ0v) is 21.0. The Hall–Kier alpha value is -3.35. The lowest BCUT2D eigenvalue weighted by Crippen LogP contribution is -2.38. The molecule has 0 saturated heterocycles. The Balaban J connectivity index is 1.49. The minimum Gasteiger partial charge on any atom is -0.310 e. The Morgan fingerprint density at radius 1 is 1.00 bits per heavy atom. The Morgan fingerprint density at radius 2 is 1.80 bits per heavy atom. The highest BCUT2D eigenvalue weighted by molar-refractivity contribution is 7.15. The topological polar surface area (TPSA) is 40.5 Å². The number of thiophene rings is 1. The van der Waals surface area contributed by atoms with Gasteiger partial charge in [-0.1, -0.05) is 55.0 Å². The van der Waals surface area contributed by atoms with Crippen LogP contribution in [0.2, 0.25) is 0 Å². The van der Waals surface area contributed by atoms with Crippen molar-refractivity contribution in [3.05, 3.63) is 106 Å². The number of fused-ring (bicyclic) bond motifs is 5. The molecule has 2 aromatic carbocycles. The summed E-state index contributed by atoms with van der Waals surface area (Å²) in [5.41, 5.74) is 7.02. The van der Waals surface area contributed by atoms with E-state index in [9.17, 15) is 4.79 Å². The number of benzene rings is 2. The van der Waals surface area contributed by atoms with Gasteiger partial charge in [0.05, 0.1) is 18.3 Å². The molecule has 6 rings (SSSR count). The van der Waals surface area contributed by atoms with E-state index in [1.54, 1.807) is 0 Å². The lowest BCUT2D eigenvalue weighted by atomic mass is 9.99. The van der Waals surface area contributed by atoms with Gasteiger partial charge in [-0.3, -0.25) is 4.90 Å². The van der Waals surface area contributed by atoms with Gasteiger partial charge in [0.1, 0.15) is 5.00 Å². The van der Waals surface area contributed by atoms with Crippen LogP contribution >= 0.6 is 11.3 Å². The molecule has 6 heteroatoms. The van der Waals surface area contributed by atoms with E-state index < -0.39 is 0 Å². The molecule has 1 N–H and O–H groups in total. The molecular weight excluding hydrogens is 452 g/mol. The van der Waals surface area contributed by atoms with Crippen molar-refractivity contribution in [2.75, 3.05) is 18.4 Å². The van der Waals surface area contributed by atoms with E-state index in [0.717, 1.165) is 43.0 Å². The predicted molar refractivity (Wildman–Crippen MR) is 142 cm³/mol. The summed E-state index contributed by atoms with van der Waals surface area (Å²) in [5.74, 6) is 0. The van der Waals surface area contributed by atoms with Gasteiger partial charge in [-0.15, -0.1) is 11.3 Å². The van der Waals surface area contributed by atoms with E-state index in [-0.39, 0.29) is 12.1 Å². The maximum atomic E-state index is 13.9. The van der Waals surface area contributed by atoms with Crippen molar-refractivity contribution in [2.24, 2.45) is 0 Å². The molecule has 2 aliphatic heterocycles. The average molecular weight is 483 g/mol.